The molecule has 0 fully saturated rings. The molecule has 0 aliphatic heterocycles. The van der Waals surface area contributed by atoms with E-state index in [1.54, 1.807) is 5.38 Å². The number of hydrogen-bond acceptors (Lipinski definition) is 6. The third-order valence-corrected chi connectivity index (χ3v) is 6.70. The molecule has 0 saturated carbocycles. The van der Waals surface area contributed by atoms with E-state index in [4.69, 9.17) is 4.74 Å². The van der Waals surface area contributed by atoms with E-state index in [0.29, 0.717) is 22.5 Å². The molecule has 0 aliphatic rings. The molecule has 0 saturated heterocycles. The number of anilines is 2. The predicted molar refractivity (Wildman–Crippen MR) is 119 cm³/mol. The van der Waals surface area contributed by atoms with Crippen LogP contribution in [0.2, 0.25) is 0 Å². The summed E-state index contributed by atoms with van der Waals surface area (Å²) in [6.07, 6.45) is 2.49. The Kier molecular flexibility index (Phi) is 7.07. The molecule has 2 N–H and O–H groups in total. The number of carbonyl (C=O) groups is 1. The third-order valence-electron chi connectivity index (χ3n) is 4.52. The molecule has 158 valence electrons. The molecule has 3 rings (SSSR count). The minimum atomic E-state index is -3.73. The van der Waals surface area contributed by atoms with Crippen LogP contribution in [0.5, 0.6) is 5.75 Å². The Morgan fingerprint density at radius 3 is 2.57 bits per heavy atom. The lowest BCUT2D eigenvalue weighted by Crippen LogP contribution is -2.20. The number of hydrogen-bond donors (Lipinski definition) is 2. The number of amides is 1. The van der Waals surface area contributed by atoms with Gasteiger partial charge in [0, 0.05) is 17.3 Å². The third kappa shape index (κ3) is 5.58. The Labute approximate surface area is 180 Å². The molecule has 0 unspecified atom stereocenters. The van der Waals surface area contributed by atoms with Gasteiger partial charge in [-0.15, -0.1) is 11.3 Å². The van der Waals surface area contributed by atoms with Gasteiger partial charge < -0.3 is 10.1 Å². The monoisotopic (exact) mass is 445 g/mol. The summed E-state index contributed by atoms with van der Waals surface area (Å²) in [6.45, 7) is 4.07. The van der Waals surface area contributed by atoms with Crippen LogP contribution in [-0.4, -0.2) is 25.9 Å². The molecular weight excluding hydrogens is 422 g/mol. The van der Waals surface area contributed by atoms with Crippen LogP contribution in [-0.2, 0) is 14.8 Å². The van der Waals surface area contributed by atoms with E-state index >= 15 is 0 Å². The molecular formula is C21H23N3O4S2. The van der Waals surface area contributed by atoms with Crippen molar-refractivity contribution < 1.29 is 17.9 Å². The molecule has 2 aromatic carbocycles. The molecule has 1 atom stereocenters. The van der Waals surface area contributed by atoms with Gasteiger partial charge in [-0.2, -0.15) is 0 Å². The number of nitrogens with zero attached hydrogens (tertiary/aromatic N) is 1. The number of aromatic nitrogens is 1. The highest BCUT2D eigenvalue weighted by molar-refractivity contribution is 7.93. The van der Waals surface area contributed by atoms with E-state index in [9.17, 15) is 13.2 Å². The van der Waals surface area contributed by atoms with Crippen LogP contribution in [0.1, 0.15) is 31.7 Å². The van der Waals surface area contributed by atoms with Crippen LogP contribution < -0.4 is 14.8 Å². The number of rotatable bonds is 9. The van der Waals surface area contributed by atoms with E-state index in [-0.39, 0.29) is 17.4 Å². The van der Waals surface area contributed by atoms with Crippen molar-refractivity contribution in [1.82, 2.24) is 4.98 Å². The van der Waals surface area contributed by atoms with E-state index in [1.807, 2.05) is 24.3 Å². The Morgan fingerprint density at radius 2 is 1.90 bits per heavy atom. The number of nitrogens with one attached hydrogen (secondary N) is 2. The predicted octanol–water partition coefficient (Wildman–Crippen LogP) is 4.47. The Balaban J connectivity index is 1.59. The first kappa shape index (κ1) is 21.8. The fourth-order valence-electron chi connectivity index (χ4n) is 2.74. The maximum absolute atomic E-state index is 12.4. The smallest absolute Gasteiger partial charge is 0.263 e. The molecule has 0 spiro atoms. The summed E-state index contributed by atoms with van der Waals surface area (Å²) < 4.78 is 32.8. The summed E-state index contributed by atoms with van der Waals surface area (Å²) in [5.41, 5.74) is 1.54. The van der Waals surface area contributed by atoms with Gasteiger partial charge in [0.2, 0.25) is 0 Å². The summed E-state index contributed by atoms with van der Waals surface area (Å²) in [7, 11) is -3.73. The lowest BCUT2D eigenvalue weighted by atomic mass is 9.98. The Bertz CT molecular complexity index is 1080. The first-order valence-electron chi connectivity index (χ1n) is 9.43. The number of para-hydroxylation sites is 1. The summed E-state index contributed by atoms with van der Waals surface area (Å²) in [5, 5.41) is 4.68. The zero-order chi connectivity index (χ0) is 21.6. The van der Waals surface area contributed by atoms with Crippen LogP contribution in [0.25, 0.3) is 0 Å². The van der Waals surface area contributed by atoms with Gasteiger partial charge >= 0.3 is 0 Å². The maximum atomic E-state index is 12.4. The highest BCUT2D eigenvalue weighted by atomic mass is 32.2. The highest BCUT2D eigenvalue weighted by Crippen LogP contribution is 2.28. The zero-order valence-corrected chi connectivity index (χ0v) is 18.3. The van der Waals surface area contributed by atoms with E-state index in [0.717, 1.165) is 12.0 Å². The van der Waals surface area contributed by atoms with Gasteiger partial charge in [-0.25, -0.2) is 13.4 Å². The van der Waals surface area contributed by atoms with Crippen LogP contribution >= 0.6 is 11.3 Å². The van der Waals surface area contributed by atoms with Crippen molar-refractivity contribution in [1.29, 1.82) is 0 Å². The number of ether oxygens (including phenoxy) is 1. The van der Waals surface area contributed by atoms with Gasteiger partial charge in [0.15, 0.2) is 11.7 Å². The normalized spacial score (nSPS) is 12.2. The number of benzene rings is 2. The minimum Gasteiger partial charge on any atom is -0.483 e. The van der Waals surface area contributed by atoms with Gasteiger partial charge in [-0.3, -0.25) is 9.52 Å². The molecule has 0 aliphatic carbocycles. The number of thiazole rings is 1. The van der Waals surface area contributed by atoms with Crippen molar-refractivity contribution in [3.05, 3.63) is 65.7 Å². The molecule has 30 heavy (non-hydrogen) atoms. The summed E-state index contributed by atoms with van der Waals surface area (Å²) in [6, 6.07) is 13.6. The molecule has 7 nitrogen and oxygen atoms in total. The molecule has 1 heterocycles. The SMILES string of the molecule is CC[C@@H](C)c1ccccc1OCC(=O)Nc1ccc(S(=O)(=O)Nc2nccs2)cc1. The van der Waals surface area contributed by atoms with Gasteiger partial charge in [0.05, 0.1) is 4.90 Å². The van der Waals surface area contributed by atoms with Crippen molar-refractivity contribution in [2.24, 2.45) is 0 Å². The Hall–Kier alpha value is -2.91. The quantitative estimate of drug-likeness (QED) is 0.506. The fourth-order valence-corrected chi connectivity index (χ4v) is 4.53. The topological polar surface area (TPSA) is 97.4 Å². The van der Waals surface area contributed by atoms with Crippen molar-refractivity contribution in [3.8, 4) is 5.75 Å². The molecule has 1 amide bonds. The van der Waals surface area contributed by atoms with Crippen LogP contribution in [0.4, 0.5) is 10.8 Å². The van der Waals surface area contributed by atoms with Crippen LogP contribution in [0.3, 0.4) is 0 Å². The molecule has 0 radical (unpaired) electrons. The summed E-state index contributed by atoms with van der Waals surface area (Å²) in [4.78, 5) is 16.2. The largest absolute Gasteiger partial charge is 0.483 e. The average Bonchev–Trinajstić information content (AvgIpc) is 3.24. The fraction of sp³-hybridized carbons (Fsp3) is 0.238. The number of sulfonamides is 1. The second-order valence-electron chi connectivity index (χ2n) is 6.65. The van der Waals surface area contributed by atoms with Crippen LogP contribution in [0, 0.1) is 0 Å². The average molecular weight is 446 g/mol. The standard InChI is InChI=1S/C21H23N3O4S2/c1-3-15(2)18-6-4-5-7-19(18)28-14-20(25)23-16-8-10-17(11-9-16)30(26,27)24-21-22-12-13-29-21/h4-13,15H,3,14H2,1-2H3,(H,22,24)(H,23,25)/t15-/m1/s1. The second kappa shape index (κ2) is 9.73. The summed E-state index contributed by atoms with van der Waals surface area (Å²) >= 11 is 1.19. The van der Waals surface area contributed by atoms with E-state index < -0.39 is 10.0 Å². The van der Waals surface area contributed by atoms with Crippen molar-refractivity contribution in [2.45, 2.75) is 31.1 Å². The molecule has 0 bridgehead atoms. The van der Waals surface area contributed by atoms with Crippen LogP contribution in [0.15, 0.2) is 65.0 Å². The van der Waals surface area contributed by atoms with Gasteiger partial charge in [-0.05, 0) is 48.2 Å². The first-order valence-corrected chi connectivity index (χ1v) is 11.8. The highest BCUT2D eigenvalue weighted by Gasteiger charge is 2.16. The molecule has 9 heteroatoms. The Morgan fingerprint density at radius 1 is 1.17 bits per heavy atom. The molecule has 3 aromatic rings. The minimum absolute atomic E-state index is 0.0782. The molecule has 1 aromatic heterocycles. The lowest BCUT2D eigenvalue weighted by Gasteiger charge is -2.15. The van der Waals surface area contributed by atoms with Gasteiger partial charge in [0.1, 0.15) is 5.75 Å². The van der Waals surface area contributed by atoms with Gasteiger partial charge in [-0.1, -0.05) is 32.0 Å². The van der Waals surface area contributed by atoms with Crippen molar-refractivity contribution in [3.63, 3.8) is 0 Å². The number of carbonyl (C=O) groups excluding carboxylic acids is 1. The summed E-state index contributed by atoms with van der Waals surface area (Å²) in [5.74, 6) is 0.693. The maximum Gasteiger partial charge on any atom is 0.263 e. The first-order chi connectivity index (χ1) is 14.4. The van der Waals surface area contributed by atoms with Gasteiger partial charge in [0.25, 0.3) is 15.9 Å². The second-order valence-corrected chi connectivity index (χ2v) is 9.23. The van der Waals surface area contributed by atoms with E-state index in [1.165, 1.54) is 41.8 Å². The zero-order valence-electron chi connectivity index (χ0n) is 16.7. The van der Waals surface area contributed by atoms with Crippen molar-refractivity contribution >= 4 is 38.1 Å². The van der Waals surface area contributed by atoms with Crippen molar-refractivity contribution in [2.75, 3.05) is 16.6 Å². The van der Waals surface area contributed by atoms with E-state index in [2.05, 4.69) is 28.9 Å². The lowest BCUT2D eigenvalue weighted by molar-refractivity contribution is -0.118.